The van der Waals surface area contributed by atoms with Crippen molar-refractivity contribution in [3.05, 3.63) is 0 Å². The van der Waals surface area contributed by atoms with Crippen LogP contribution in [0.2, 0.25) is 0 Å². The lowest BCUT2D eigenvalue weighted by Gasteiger charge is -2.22. The first-order valence-corrected chi connectivity index (χ1v) is 8.82. The zero-order valence-corrected chi connectivity index (χ0v) is 14.7. The molecule has 0 amide bonds. The minimum atomic E-state index is 0.0948. The highest BCUT2D eigenvalue weighted by Gasteiger charge is 2.05. The van der Waals surface area contributed by atoms with E-state index in [2.05, 4.69) is 11.8 Å². The van der Waals surface area contributed by atoms with Gasteiger partial charge in [-0.05, 0) is 13.0 Å². The number of aliphatic hydroxyl groups is 1. The van der Waals surface area contributed by atoms with Crippen LogP contribution in [0.4, 0.5) is 0 Å². The summed E-state index contributed by atoms with van der Waals surface area (Å²) >= 11 is 0. The zero-order valence-electron chi connectivity index (χ0n) is 14.7. The number of hydrogen-bond donors (Lipinski definition) is 1. The largest absolute Gasteiger partial charge is 0.394 e. The van der Waals surface area contributed by atoms with E-state index in [-0.39, 0.29) is 6.61 Å². The van der Waals surface area contributed by atoms with Crippen LogP contribution in [0.1, 0.15) is 45.4 Å². The smallest absolute Gasteiger partial charge is 0.0700 e. The van der Waals surface area contributed by atoms with Crippen LogP contribution >= 0.6 is 0 Å². The SMILES string of the molecule is CCCCCCCCN(CCOCCO)CCOCCOC. The number of ether oxygens (including phenoxy) is 3. The summed E-state index contributed by atoms with van der Waals surface area (Å²) in [4.78, 5) is 2.39. The lowest BCUT2D eigenvalue weighted by atomic mass is 10.1. The van der Waals surface area contributed by atoms with Gasteiger partial charge in [0.05, 0.1) is 39.6 Å². The van der Waals surface area contributed by atoms with E-state index in [0.717, 1.165) is 26.2 Å². The van der Waals surface area contributed by atoms with Crippen LogP contribution < -0.4 is 0 Å². The average Bonchev–Trinajstić information content (AvgIpc) is 2.53. The molecule has 1 N–H and O–H groups in total. The van der Waals surface area contributed by atoms with Gasteiger partial charge in [-0.1, -0.05) is 39.0 Å². The standard InChI is InChI=1S/C17H37NO4/c1-3-4-5-6-7-8-9-18(10-13-21-15-12-19)11-14-22-17-16-20-2/h19H,3-17H2,1-2H3. The topological polar surface area (TPSA) is 51.2 Å². The molecular formula is C17H37NO4. The molecule has 0 aliphatic rings. The van der Waals surface area contributed by atoms with Gasteiger partial charge in [0.1, 0.15) is 0 Å². The minimum Gasteiger partial charge on any atom is -0.394 e. The molecule has 0 aromatic carbocycles. The molecule has 0 aliphatic heterocycles. The molecule has 5 heteroatoms. The normalized spacial score (nSPS) is 11.5. The lowest BCUT2D eigenvalue weighted by Crippen LogP contribution is -2.32. The van der Waals surface area contributed by atoms with Crippen molar-refractivity contribution in [1.29, 1.82) is 0 Å². The second kappa shape index (κ2) is 18.8. The molecule has 0 radical (unpaired) electrons. The molecule has 0 saturated heterocycles. The highest BCUT2D eigenvalue weighted by Crippen LogP contribution is 2.06. The third-order valence-corrected chi connectivity index (χ3v) is 3.60. The maximum atomic E-state index is 8.73. The van der Waals surface area contributed by atoms with E-state index in [1.54, 1.807) is 7.11 Å². The minimum absolute atomic E-state index is 0.0948. The van der Waals surface area contributed by atoms with Gasteiger partial charge in [-0.3, -0.25) is 4.90 Å². The van der Waals surface area contributed by atoms with E-state index in [1.807, 2.05) is 0 Å². The van der Waals surface area contributed by atoms with Crippen molar-refractivity contribution in [2.24, 2.45) is 0 Å². The van der Waals surface area contributed by atoms with Crippen LogP contribution in [0, 0.1) is 0 Å². The number of unbranched alkanes of at least 4 members (excludes halogenated alkanes) is 5. The maximum absolute atomic E-state index is 8.73. The molecular weight excluding hydrogens is 282 g/mol. The Morgan fingerprint density at radius 3 is 2.00 bits per heavy atom. The van der Waals surface area contributed by atoms with Crippen LogP contribution in [0.25, 0.3) is 0 Å². The molecule has 0 rings (SSSR count). The van der Waals surface area contributed by atoms with Gasteiger partial charge in [-0.2, -0.15) is 0 Å². The Hall–Kier alpha value is -0.200. The summed E-state index contributed by atoms with van der Waals surface area (Å²) in [5.41, 5.74) is 0. The predicted octanol–water partition coefficient (Wildman–Crippen LogP) is 2.32. The second-order valence-electron chi connectivity index (χ2n) is 5.55. The van der Waals surface area contributed by atoms with Crippen molar-refractivity contribution < 1.29 is 19.3 Å². The monoisotopic (exact) mass is 319 g/mol. The Morgan fingerprint density at radius 2 is 1.36 bits per heavy atom. The van der Waals surface area contributed by atoms with Gasteiger partial charge in [0.2, 0.25) is 0 Å². The molecule has 0 unspecified atom stereocenters. The molecule has 5 nitrogen and oxygen atoms in total. The fourth-order valence-electron chi connectivity index (χ4n) is 2.25. The van der Waals surface area contributed by atoms with Crippen LogP contribution in [-0.2, 0) is 14.2 Å². The van der Waals surface area contributed by atoms with E-state index in [1.165, 1.54) is 38.5 Å². The summed E-state index contributed by atoms with van der Waals surface area (Å²) in [6, 6.07) is 0. The van der Waals surface area contributed by atoms with Crippen molar-refractivity contribution in [2.75, 3.05) is 66.4 Å². The van der Waals surface area contributed by atoms with Gasteiger partial charge in [0.15, 0.2) is 0 Å². The van der Waals surface area contributed by atoms with Crippen LogP contribution in [0.3, 0.4) is 0 Å². The van der Waals surface area contributed by atoms with Crippen molar-refractivity contribution in [1.82, 2.24) is 4.90 Å². The lowest BCUT2D eigenvalue weighted by molar-refractivity contribution is 0.0428. The Labute approximate surface area is 136 Å². The molecule has 0 atom stereocenters. The number of methoxy groups -OCH3 is 1. The van der Waals surface area contributed by atoms with Crippen LogP contribution in [0.5, 0.6) is 0 Å². The summed E-state index contributed by atoms with van der Waals surface area (Å²) in [7, 11) is 1.69. The summed E-state index contributed by atoms with van der Waals surface area (Å²) in [5, 5.41) is 8.73. The van der Waals surface area contributed by atoms with E-state index in [0.29, 0.717) is 26.4 Å². The molecule has 0 fully saturated rings. The summed E-state index contributed by atoms with van der Waals surface area (Å²) in [6.07, 6.45) is 7.89. The molecule has 0 saturated carbocycles. The highest BCUT2D eigenvalue weighted by atomic mass is 16.5. The fraction of sp³-hybridized carbons (Fsp3) is 1.00. The average molecular weight is 319 g/mol. The highest BCUT2D eigenvalue weighted by molar-refractivity contribution is 4.58. The van der Waals surface area contributed by atoms with Gasteiger partial charge in [-0.25, -0.2) is 0 Å². The second-order valence-corrected chi connectivity index (χ2v) is 5.55. The Kier molecular flexibility index (Phi) is 18.7. The first kappa shape index (κ1) is 21.8. The maximum Gasteiger partial charge on any atom is 0.0700 e. The van der Waals surface area contributed by atoms with Gasteiger partial charge in [0, 0.05) is 20.2 Å². The molecule has 0 spiro atoms. The Morgan fingerprint density at radius 1 is 0.727 bits per heavy atom. The zero-order chi connectivity index (χ0) is 16.3. The molecule has 0 aromatic heterocycles. The fourth-order valence-corrected chi connectivity index (χ4v) is 2.25. The first-order chi connectivity index (χ1) is 10.8. The number of aliphatic hydroxyl groups excluding tert-OH is 1. The predicted molar refractivity (Wildman–Crippen MR) is 90.4 cm³/mol. The Balaban J connectivity index is 3.69. The quantitative estimate of drug-likeness (QED) is 0.393. The molecule has 134 valence electrons. The van der Waals surface area contributed by atoms with E-state index in [4.69, 9.17) is 19.3 Å². The third kappa shape index (κ3) is 16.2. The summed E-state index contributed by atoms with van der Waals surface area (Å²) in [6.45, 7) is 8.42. The molecule has 0 bridgehead atoms. The molecule has 0 aliphatic carbocycles. The van der Waals surface area contributed by atoms with Gasteiger partial charge < -0.3 is 19.3 Å². The van der Waals surface area contributed by atoms with Crippen LogP contribution in [-0.4, -0.2) is 76.4 Å². The number of hydrogen-bond acceptors (Lipinski definition) is 5. The van der Waals surface area contributed by atoms with E-state index >= 15 is 0 Å². The molecule has 0 aromatic rings. The van der Waals surface area contributed by atoms with E-state index in [9.17, 15) is 0 Å². The van der Waals surface area contributed by atoms with E-state index < -0.39 is 0 Å². The summed E-state index contributed by atoms with van der Waals surface area (Å²) < 4.78 is 15.9. The first-order valence-electron chi connectivity index (χ1n) is 8.82. The number of rotatable bonds is 18. The van der Waals surface area contributed by atoms with Crippen molar-refractivity contribution in [3.8, 4) is 0 Å². The number of nitrogens with zero attached hydrogens (tertiary/aromatic N) is 1. The van der Waals surface area contributed by atoms with Gasteiger partial charge >= 0.3 is 0 Å². The Bertz CT molecular complexity index is 205. The summed E-state index contributed by atoms with van der Waals surface area (Å²) in [5.74, 6) is 0. The van der Waals surface area contributed by atoms with Crippen molar-refractivity contribution >= 4 is 0 Å². The van der Waals surface area contributed by atoms with Crippen LogP contribution in [0.15, 0.2) is 0 Å². The van der Waals surface area contributed by atoms with Crippen molar-refractivity contribution in [2.45, 2.75) is 45.4 Å². The molecule has 0 heterocycles. The molecule has 22 heavy (non-hydrogen) atoms. The van der Waals surface area contributed by atoms with Gasteiger partial charge in [0.25, 0.3) is 0 Å². The third-order valence-electron chi connectivity index (χ3n) is 3.60. The van der Waals surface area contributed by atoms with Crippen molar-refractivity contribution in [3.63, 3.8) is 0 Å². The van der Waals surface area contributed by atoms with Gasteiger partial charge in [-0.15, -0.1) is 0 Å².